The Balaban J connectivity index is 2.10. The maximum Gasteiger partial charge on any atom is 0.213 e. The van der Waals surface area contributed by atoms with Gasteiger partial charge >= 0.3 is 0 Å². The fourth-order valence-corrected chi connectivity index (χ4v) is 2.36. The number of benzene rings is 1. The average Bonchev–Trinajstić information content (AvgIpc) is 2.80. The first-order valence-corrected chi connectivity index (χ1v) is 5.54. The summed E-state index contributed by atoms with van der Waals surface area (Å²) in [4.78, 5) is 4.00. The van der Waals surface area contributed by atoms with Crippen molar-refractivity contribution in [3.05, 3.63) is 46.5 Å². The molecule has 16 heavy (non-hydrogen) atoms. The average molecular weight is 235 g/mol. The topological polar surface area (TPSA) is 33.6 Å². The maximum atomic E-state index is 13.7. The molecule has 3 rings (SSSR count). The van der Waals surface area contributed by atoms with Crippen LogP contribution in [0.1, 0.15) is 30.0 Å². The molecule has 1 aromatic heterocycles. The summed E-state index contributed by atoms with van der Waals surface area (Å²) in [5, 5.41) is 2.92. The van der Waals surface area contributed by atoms with E-state index in [9.17, 15) is 4.39 Å². The second kappa shape index (κ2) is 3.52. The van der Waals surface area contributed by atoms with Crippen molar-refractivity contribution in [3.63, 3.8) is 0 Å². The zero-order chi connectivity index (χ0) is 11.1. The molecule has 2 heterocycles. The number of H-pyrrole nitrogens is 1. The Morgan fingerprint density at radius 2 is 2.12 bits per heavy atom. The van der Waals surface area contributed by atoms with Crippen LogP contribution in [0.4, 0.5) is 4.39 Å². The first-order valence-electron chi connectivity index (χ1n) is 5.13. The summed E-state index contributed by atoms with van der Waals surface area (Å²) in [5.74, 6) is 0.416. The van der Waals surface area contributed by atoms with E-state index in [1.807, 2.05) is 30.3 Å². The van der Waals surface area contributed by atoms with Crippen LogP contribution in [0.25, 0.3) is 0 Å². The van der Waals surface area contributed by atoms with E-state index in [2.05, 4.69) is 10.1 Å². The molecule has 1 aliphatic rings. The van der Waals surface area contributed by atoms with Crippen LogP contribution >= 0.6 is 12.2 Å². The zero-order valence-corrected chi connectivity index (χ0v) is 9.25. The minimum atomic E-state index is -1.03. The van der Waals surface area contributed by atoms with Gasteiger partial charge in [0.2, 0.25) is 4.77 Å². The summed E-state index contributed by atoms with van der Waals surface area (Å²) in [6, 6.07) is 9.81. The zero-order valence-electron chi connectivity index (χ0n) is 8.43. The Labute approximate surface area is 96.9 Å². The summed E-state index contributed by atoms with van der Waals surface area (Å²) >= 11 is 4.92. The number of alkyl halides is 1. The molecule has 0 bridgehead atoms. The molecule has 2 aromatic rings. The fourth-order valence-electron chi connectivity index (χ4n) is 2.17. The highest BCUT2D eigenvalue weighted by atomic mass is 32.1. The van der Waals surface area contributed by atoms with Crippen LogP contribution in [0.3, 0.4) is 0 Å². The molecule has 3 nitrogen and oxygen atoms in total. The lowest BCUT2D eigenvalue weighted by molar-refractivity contribution is 0.328. The lowest BCUT2D eigenvalue weighted by atomic mass is 10.0. The van der Waals surface area contributed by atoms with Gasteiger partial charge in [-0.2, -0.15) is 0 Å². The minimum absolute atomic E-state index is 0.0181. The summed E-state index contributed by atoms with van der Waals surface area (Å²) in [6.45, 7) is 0. The second-order valence-electron chi connectivity index (χ2n) is 3.89. The molecule has 0 saturated heterocycles. The van der Waals surface area contributed by atoms with Crippen molar-refractivity contribution in [1.82, 2.24) is 14.8 Å². The summed E-state index contributed by atoms with van der Waals surface area (Å²) in [7, 11) is 0. The molecule has 1 aliphatic heterocycles. The third-order valence-electron chi connectivity index (χ3n) is 2.89. The normalized spacial score (nSPS) is 23.3. The largest absolute Gasteiger partial charge is 0.270 e. The Bertz CT molecular complexity index is 560. The van der Waals surface area contributed by atoms with Gasteiger partial charge in [0, 0.05) is 6.42 Å². The number of fused-ring (bicyclic) bond motifs is 1. The summed E-state index contributed by atoms with van der Waals surface area (Å²) < 4.78 is 15.8. The number of aromatic amines is 1. The Morgan fingerprint density at radius 1 is 1.38 bits per heavy atom. The summed E-state index contributed by atoms with van der Waals surface area (Å²) in [6.07, 6.45) is -0.600. The fraction of sp³-hybridized carbons (Fsp3) is 0.273. The lowest BCUT2D eigenvalue weighted by Gasteiger charge is -2.11. The first kappa shape index (κ1) is 9.72. The number of hydrogen-bond acceptors (Lipinski definition) is 2. The van der Waals surface area contributed by atoms with Gasteiger partial charge < -0.3 is 0 Å². The quantitative estimate of drug-likeness (QED) is 0.771. The highest BCUT2D eigenvalue weighted by molar-refractivity contribution is 7.71. The van der Waals surface area contributed by atoms with Gasteiger partial charge in [0.25, 0.3) is 0 Å². The van der Waals surface area contributed by atoms with Crippen LogP contribution in [0.15, 0.2) is 30.3 Å². The predicted octanol–water partition coefficient (Wildman–Crippen LogP) is 2.94. The van der Waals surface area contributed by atoms with Crippen molar-refractivity contribution in [2.24, 2.45) is 0 Å². The van der Waals surface area contributed by atoms with Crippen LogP contribution in [0, 0.1) is 4.77 Å². The smallest absolute Gasteiger partial charge is 0.213 e. The number of rotatable bonds is 1. The Hall–Kier alpha value is -1.49. The standard InChI is InChI=1S/C11H10FN3S/c12-8-6-9(7-4-2-1-3-5-7)15-10(8)13-11(16)14-15/h1-5,8-9H,6H2,(H,14,16)/t8-,9-/m0/s1. The number of halogens is 1. The molecule has 82 valence electrons. The van der Waals surface area contributed by atoms with Gasteiger partial charge in [0.15, 0.2) is 12.0 Å². The van der Waals surface area contributed by atoms with Crippen LogP contribution < -0.4 is 0 Å². The predicted molar refractivity (Wildman–Crippen MR) is 60.5 cm³/mol. The molecule has 1 N–H and O–H groups in total. The highest BCUT2D eigenvalue weighted by Crippen LogP contribution is 2.38. The minimum Gasteiger partial charge on any atom is -0.270 e. The van der Waals surface area contributed by atoms with E-state index in [0.717, 1.165) is 5.56 Å². The SMILES string of the molecule is F[C@H]1C[C@@H](c2ccccc2)n2[nH]c(=S)nc21. The third kappa shape index (κ3) is 1.39. The molecule has 0 saturated carbocycles. The second-order valence-corrected chi connectivity index (χ2v) is 4.27. The molecule has 0 aliphatic carbocycles. The molecular weight excluding hydrogens is 225 g/mol. The maximum absolute atomic E-state index is 13.7. The molecular formula is C11H10FN3S. The molecule has 0 radical (unpaired) electrons. The van der Waals surface area contributed by atoms with Gasteiger partial charge in [0.1, 0.15) is 0 Å². The van der Waals surface area contributed by atoms with Crippen molar-refractivity contribution in [1.29, 1.82) is 0 Å². The first-order chi connectivity index (χ1) is 7.75. The van der Waals surface area contributed by atoms with E-state index in [-0.39, 0.29) is 6.04 Å². The van der Waals surface area contributed by atoms with Crippen LogP contribution in [-0.2, 0) is 0 Å². The van der Waals surface area contributed by atoms with E-state index in [0.29, 0.717) is 17.0 Å². The van der Waals surface area contributed by atoms with Crippen molar-refractivity contribution in [2.45, 2.75) is 18.6 Å². The van der Waals surface area contributed by atoms with E-state index < -0.39 is 6.17 Å². The molecule has 0 unspecified atom stereocenters. The number of nitrogens with zero attached hydrogens (tertiary/aromatic N) is 2. The van der Waals surface area contributed by atoms with Gasteiger partial charge in [0.05, 0.1) is 6.04 Å². The third-order valence-corrected chi connectivity index (χ3v) is 3.07. The molecule has 0 amide bonds. The van der Waals surface area contributed by atoms with Gasteiger partial charge in [-0.3, -0.25) is 9.78 Å². The number of hydrogen-bond donors (Lipinski definition) is 1. The van der Waals surface area contributed by atoms with Gasteiger partial charge in [-0.05, 0) is 17.8 Å². The van der Waals surface area contributed by atoms with Crippen molar-refractivity contribution in [2.75, 3.05) is 0 Å². The van der Waals surface area contributed by atoms with E-state index >= 15 is 0 Å². The molecule has 0 fully saturated rings. The van der Waals surface area contributed by atoms with Crippen molar-refractivity contribution in [3.8, 4) is 0 Å². The molecule has 2 atom stereocenters. The highest BCUT2D eigenvalue weighted by Gasteiger charge is 2.33. The number of aromatic nitrogens is 3. The number of nitrogens with one attached hydrogen (secondary N) is 1. The van der Waals surface area contributed by atoms with E-state index in [4.69, 9.17) is 12.2 Å². The molecule has 5 heteroatoms. The van der Waals surface area contributed by atoms with Crippen LogP contribution in [-0.4, -0.2) is 14.8 Å². The van der Waals surface area contributed by atoms with Crippen molar-refractivity contribution < 1.29 is 4.39 Å². The molecule has 1 aromatic carbocycles. The lowest BCUT2D eigenvalue weighted by Crippen LogP contribution is -2.06. The Kier molecular flexibility index (Phi) is 2.14. The van der Waals surface area contributed by atoms with Gasteiger partial charge in [-0.25, -0.2) is 9.37 Å². The van der Waals surface area contributed by atoms with Crippen molar-refractivity contribution >= 4 is 12.2 Å². The summed E-state index contributed by atoms with van der Waals surface area (Å²) in [5.41, 5.74) is 1.08. The van der Waals surface area contributed by atoms with Gasteiger partial charge in [-0.1, -0.05) is 30.3 Å². The van der Waals surface area contributed by atoms with Crippen LogP contribution in [0.2, 0.25) is 0 Å². The molecule has 0 spiro atoms. The van der Waals surface area contributed by atoms with Gasteiger partial charge in [-0.15, -0.1) is 0 Å². The monoisotopic (exact) mass is 235 g/mol. The van der Waals surface area contributed by atoms with E-state index in [1.165, 1.54) is 0 Å². The van der Waals surface area contributed by atoms with E-state index in [1.54, 1.807) is 4.68 Å². The Morgan fingerprint density at radius 3 is 2.88 bits per heavy atom. The van der Waals surface area contributed by atoms with Crippen LogP contribution in [0.5, 0.6) is 0 Å².